The van der Waals surface area contributed by atoms with E-state index < -0.39 is 5.92 Å². The number of hydrogen-bond donors (Lipinski definition) is 0. The van der Waals surface area contributed by atoms with E-state index in [1.165, 1.54) is 0 Å². The second-order valence-electron chi connectivity index (χ2n) is 3.62. The van der Waals surface area contributed by atoms with Crippen molar-refractivity contribution in [1.82, 2.24) is 0 Å². The molecule has 0 unspecified atom stereocenters. The lowest BCUT2D eigenvalue weighted by Crippen LogP contribution is -2.29. The van der Waals surface area contributed by atoms with Gasteiger partial charge in [0, 0.05) is 6.42 Å². The van der Waals surface area contributed by atoms with Crippen LogP contribution in [0.4, 0.5) is 0 Å². The van der Waals surface area contributed by atoms with Crippen molar-refractivity contribution >= 4 is 11.8 Å². The maximum Gasteiger partial charge on any atom is 0.316 e. The Bertz CT molecular complexity index is 222. The standard InChI is InChI=1S/C9H12O3/c10-8-2-1-6-3-4-12-9(11)7(8)5-6/h6-7H,1-5H2/t6-,7+/m1/s1. The highest BCUT2D eigenvalue weighted by Crippen LogP contribution is 2.31. The molecule has 12 heavy (non-hydrogen) atoms. The molecule has 0 radical (unpaired) electrons. The third-order valence-corrected chi connectivity index (χ3v) is 2.81. The van der Waals surface area contributed by atoms with E-state index in [9.17, 15) is 9.59 Å². The normalized spacial score (nSPS) is 35.7. The van der Waals surface area contributed by atoms with Crippen molar-refractivity contribution < 1.29 is 14.3 Å². The molecule has 3 heteroatoms. The summed E-state index contributed by atoms with van der Waals surface area (Å²) < 4.78 is 4.93. The third-order valence-electron chi connectivity index (χ3n) is 2.81. The van der Waals surface area contributed by atoms with Gasteiger partial charge < -0.3 is 4.74 Å². The lowest BCUT2D eigenvalue weighted by molar-refractivity contribution is -0.151. The van der Waals surface area contributed by atoms with E-state index in [-0.39, 0.29) is 11.8 Å². The fourth-order valence-corrected chi connectivity index (χ4v) is 2.02. The SMILES string of the molecule is O=C1CC[C@@H]2CCOC(=O)[C@H]1C2. The molecule has 2 aliphatic rings. The Morgan fingerprint density at radius 1 is 1.25 bits per heavy atom. The van der Waals surface area contributed by atoms with E-state index >= 15 is 0 Å². The molecule has 1 saturated heterocycles. The van der Waals surface area contributed by atoms with Crippen LogP contribution in [0, 0.1) is 11.8 Å². The molecule has 1 heterocycles. The van der Waals surface area contributed by atoms with Crippen molar-refractivity contribution in [2.45, 2.75) is 25.7 Å². The Morgan fingerprint density at radius 2 is 2.08 bits per heavy atom. The van der Waals surface area contributed by atoms with Crippen LogP contribution in [-0.2, 0) is 14.3 Å². The van der Waals surface area contributed by atoms with E-state index in [2.05, 4.69) is 0 Å². The van der Waals surface area contributed by atoms with Crippen molar-refractivity contribution in [2.24, 2.45) is 11.8 Å². The lowest BCUT2D eigenvalue weighted by Gasteiger charge is -2.21. The molecule has 0 aromatic heterocycles. The zero-order valence-corrected chi connectivity index (χ0v) is 6.91. The minimum atomic E-state index is -0.425. The summed E-state index contributed by atoms with van der Waals surface area (Å²) in [5.74, 6) is -0.0919. The van der Waals surface area contributed by atoms with Crippen LogP contribution in [0.5, 0.6) is 0 Å². The number of ketones is 1. The van der Waals surface area contributed by atoms with Gasteiger partial charge in [-0.15, -0.1) is 0 Å². The molecule has 0 amide bonds. The van der Waals surface area contributed by atoms with Gasteiger partial charge in [-0.3, -0.25) is 9.59 Å². The molecular weight excluding hydrogens is 156 g/mol. The molecule has 0 spiro atoms. The zero-order chi connectivity index (χ0) is 8.55. The third kappa shape index (κ3) is 1.24. The molecule has 1 saturated carbocycles. The van der Waals surface area contributed by atoms with Crippen molar-refractivity contribution in [2.75, 3.05) is 6.61 Å². The summed E-state index contributed by atoms with van der Waals surface area (Å²) in [6.45, 7) is 0.507. The van der Waals surface area contributed by atoms with Gasteiger partial charge in [-0.1, -0.05) is 0 Å². The first-order chi connectivity index (χ1) is 5.77. The van der Waals surface area contributed by atoms with Gasteiger partial charge in [0.2, 0.25) is 0 Å². The minimum Gasteiger partial charge on any atom is -0.465 e. The number of Topliss-reactive ketones (excluding diaryl/α,β-unsaturated/α-hetero) is 1. The van der Waals surface area contributed by atoms with Crippen LogP contribution in [0.1, 0.15) is 25.7 Å². The van der Waals surface area contributed by atoms with Crippen LogP contribution in [-0.4, -0.2) is 18.4 Å². The van der Waals surface area contributed by atoms with Gasteiger partial charge in [0.15, 0.2) is 0 Å². The van der Waals surface area contributed by atoms with Gasteiger partial charge in [0.25, 0.3) is 0 Å². The number of carbonyl (C=O) groups excluding carboxylic acids is 2. The molecule has 0 aromatic rings. The van der Waals surface area contributed by atoms with Crippen molar-refractivity contribution in [3.05, 3.63) is 0 Å². The molecule has 2 atom stereocenters. The van der Waals surface area contributed by atoms with Gasteiger partial charge >= 0.3 is 5.97 Å². The highest BCUT2D eigenvalue weighted by atomic mass is 16.5. The molecular formula is C9H12O3. The number of carbonyl (C=O) groups is 2. The quantitative estimate of drug-likeness (QED) is 0.399. The number of cyclic esters (lactones) is 1. The fraction of sp³-hybridized carbons (Fsp3) is 0.778. The average Bonchev–Trinajstić information content (AvgIpc) is 2.21. The molecule has 1 aliphatic heterocycles. The predicted octanol–water partition coefficient (Wildman–Crippen LogP) is 0.919. The smallest absolute Gasteiger partial charge is 0.316 e. The van der Waals surface area contributed by atoms with Crippen LogP contribution < -0.4 is 0 Å². The van der Waals surface area contributed by atoms with E-state index in [1.807, 2.05) is 0 Å². The second-order valence-corrected chi connectivity index (χ2v) is 3.62. The van der Waals surface area contributed by atoms with Crippen molar-refractivity contribution in [1.29, 1.82) is 0 Å². The first-order valence-electron chi connectivity index (χ1n) is 4.46. The van der Waals surface area contributed by atoms with Gasteiger partial charge in [-0.2, -0.15) is 0 Å². The maximum absolute atomic E-state index is 11.3. The van der Waals surface area contributed by atoms with Gasteiger partial charge in [0.05, 0.1) is 6.61 Å². The van der Waals surface area contributed by atoms with E-state index in [1.54, 1.807) is 0 Å². The number of hydrogen-bond acceptors (Lipinski definition) is 3. The first-order valence-corrected chi connectivity index (χ1v) is 4.46. The topological polar surface area (TPSA) is 43.4 Å². The van der Waals surface area contributed by atoms with Crippen LogP contribution in [0.3, 0.4) is 0 Å². The van der Waals surface area contributed by atoms with Gasteiger partial charge in [-0.25, -0.2) is 0 Å². The van der Waals surface area contributed by atoms with E-state index in [0.717, 1.165) is 19.3 Å². The summed E-state index contributed by atoms with van der Waals surface area (Å²) >= 11 is 0. The molecule has 2 rings (SSSR count). The largest absolute Gasteiger partial charge is 0.465 e. The maximum atomic E-state index is 11.3. The monoisotopic (exact) mass is 168 g/mol. The molecule has 2 bridgehead atoms. The summed E-state index contributed by atoms with van der Waals surface area (Å²) in [6.07, 6.45) is 3.20. The van der Waals surface area contributed by atoms with E-state index in [0.29, 0.717) is 18.9 Å². The Morgan fingerprint density at radius 3 is 2.92 bits per heavy atom. The number of fused-ring (bicyclic) bond motifs is 2. The van der Waals surface area contributed by atoms with Gasteiger partial charge in [0.1, 0.15) is 11.7 Å². The zero-order valence-electron chi connectivity index (χ0n) is 6.91. The van der Waals surface area contributed by atoms with Crippen molar-refractivity contribution in [3.8, 4) is 0 Å². The highest BCUT2D eigenvalue weighted by molar-refractivity contribution is 5.99. The van der Waals surface area contributed by atoms with Crippen LogP contribution in [0.15, 0.2) is 0 Å². The molecule has 0 aromatic carbocycles. The summed E-state index contributed by atoms with van der Waals surface area (Å²) in [5, 5.41) is 0. The fourth-order valence-electron chi connectivity index (χ4n) is 2.02. The van der Waals surface area contributed by atoms with Crippen LogP contribution in [0.25, 0.3) is 0 Å². The Balaban J connectivity index is 2.18. The molecule has 2 fully saturated rings. The van der Waals surface area contributed by atoms with Crippen LogP contribution in [0.2, 0.25) is 0 Å². The Kier molecular flexibility index (Phi) is 1.87. The van der Waals surface area contributed by atoms with Gasteiger partial charge in [-0.05, 0) is 25.2 Å². The summed E-state index contributed by atoms with van der Waals surface area (Å²) in [4.78, 5) is 22.5. The van der Waals surface area contributed by atoms with Crippen molar-refractivity contribution in [3.63, 3.8) is 0 Å². The molecule has 3 nitrogen and oxygen atoms in total. The predicted molar refractivity (Wildman–Crippen MR) is 41.4 cm³/mol. The highest BCUT2D eigenvalue weighted by Gasteiger charge is 2.36. The average molecular weight is 168 g/mol. The Hall–Kier alpha value is -0.860. The van der Waals surface area contributed by atoms with Crippen LogP contribution >= 0.6 is 0 Å². The van der Waals surface area contributed by atoms with E-state index in [4.69, 9.17) is 4.74 Å². The Labute approximate surface area is 71.1 Å². The number of esters is 1. The molecule has 1 aliphatic carbocycles. The first kappa shape index (κ1) is 7.77. The summed E-state index contributed by atoms with van der Waals surface area (Å²) in [6, 6.07) is 0. The molecule has 66 valence electrons. The minimum absolute atomic E-state index is 0.0816. The molecule has 0 N–H and O–H groups in total. The number of rotatable bonds is 0. The summed E-state index contributed by atoms with van der Waals surface area (Å²) in [7, 11) is 0. The number of ether oxygens (including phenoxy) is 1. The summed E-state index contributed by atoms with van der Waals surface area (Å²) in [5.41, 5.74) is 0. The lowest BCUT2D eigenvalue weighted by atomic mass is 9.80. The second kappa shape index (κ2) is 2.88.